The van der Waals surface area contributed by atoms with E-state index in [4.69, 9.17) is 0 Å². The first kappa shape index (κ1) is 12.4. The Bertz CT molecular complexity index is 567. The number of hydrogen-bond donors (Lipinski definition) is 1. The molecule has 0 atom stereocenters. The minimum absolute atomic E-state index is 0.758. The standard InChI is InChI=1S/C15H19N3/c1-5-9-18-10-12(3)16-15(18)17-14-8-6-7-11(2)13(14)4/h5-8,10H,1,9H2,2-4H3,(H,16,17). The number of aromatic nitrogens is 2. The second-order valence-corrected chi connectivity index (χ2v) is 4.52. The molecule has 0 amide bonds. The van der Waals surface area contributed by atoms with Crippen LogP contribution in [-0.2, 0) is 6.54 Å². The maximum Gasteiger partial charge on any atom is 0.207 e. The number of allylic oxidation sites excluding steroid dienone is 1. The third-order valence-electron chi connectivity index (χ3n) is 3.07. The van der Waals surface area contributed by atoms with E-state index in [0.29, 0.717) is 0 Å². The minimum Gasteiger partial charge on any atom is -0.325 e. The van der Waals surface area contributed by atoms with Crippen LogP contribution in [0.2, 0.25) is 0 Å². The van der Waals surface area contributed by atoms with Gasteiger partial charge < -0.3 is 9.88 Å². The average molecular weight is 241 g/mol. The zero-order valence-corrected chi connectivity index (χ0v) is 11.2. The van der Waals surface area contributed by atoms with E-state index >= 15 is 0 Å². The molecule has 0 saturated heterocycles. The first-order valence-electron chi connectivity index (χ1n) is 6.09. The first-order chi connectivity index (χ1) is 8.61. The molecule has 0 unspecified atom stereocenters. The number of aryl methyl sites for hydroxylation is 2. The quantitative estimate of drug-likeness (QED) is 0.826. The predicted molar refractivity (Wildman–Crippen MR) is 76.4 cm³/mol. The number of nitrogens with one attached hydrogen (secondary N) is 1. The van der Waals surface area contributed by atoms with Crippen LogP contribution in [0.4, 0.5) is 11.6 Å². The highest BCUT2D eigenvalue weighted by molar-refractivity contribution is 5.60. The minimum atomic E-state index is 0.758. The average Bonchev–Trinajstić information content (AvgIpc) is 2.66. The second kappa shape index (κ2) is 5.08. The van der Waals surface area contributed by atoms with Crippen molar-refractivity contribution in [3.8, 4) is 0 Å². The SMILES string of the molecule is C=CCn1cc(C)nc1Nc1cccc(C)c1C. The summed E-state index contributed by atoms with van der Waals surface area (Å²) in [6, 6.07) is 6.24. The molecule has 1 aromatic carbocycles. The van der Waals surface area contributed by atoms with Crippen LogP contribution in [-0.4, -0.2) is 9.55 Å². The summed E-state index contributed by atoms with van der Waals surface area (Å²) in [7, 11) is 0. The van der Waals surface area contributed by atoms with Crippen molar-refractivity contribution in [2.75, 3.05) is 5.32 Å². The van der Waals surface area contributed by atoms with E-state index in [2.05, 4.69) is 53.5 Å². The molecule has 1 heterocycles. The Balaban J connectivity index is 2.33. The second-order valence-electron chi connectivity index (χ2n) is 4.52. The highest BCUT2D eigenvalue weighted by atomic mass is 15.2. The number of nitrogens with zero attached hydrogens (tertiary/aromatic N) is 2. The highest BCUT2D eigenvalue weighted by Crippen LogP contribution is 2.22. The molecule has 3 heteroatoms. The van der Waals surface area contributed by atoms with Gasteiger partial charge in [-0.25, -0.2) is 4.98 Å². The molecule has 1 aromatic heterocycles. The van der Waals surface area contributed by atoms with Gasteiger partial charge in [-0.1, -0.05) is 18.2 Å². The van der Waals surface area contributed by atoms with Gasteiger partial charge in [0.15, 0.2) is 0 Å². The molecule has 94 valence electrons. The summed E-state index contributed by atoms with van der Waals surface area (Å²) in [5.74, 6) is 0.862. The van der Waals surface area contributed by atoms with Crippen molar-refractivity contribution in [2.24, 2.45) is 0 Å². The Morgan fingerprint density at radius 3 is 2.83 bits per heavy atom. The molecule has 2 aromatic rings. The van der Waals surface area contributed by atoms with Crippen molar-refractivity contribution >= 4 is 11.6 Å². The van der Waals surface area contributed by atoms with Crippen molar-refractivity contribution in [1.82, 2.24) is 9.55 Å². The lowest BCUT2D eigenvalue weighted by atomic mass is 10.1. The van der Waals surface area contributed by atoms with Crippen molar-refractivity contribution in [3.05, 3.63) is 53.9 Å². The zero-order chi connectivity index (χ0) is 13.1. The molecule has 1 N–H and O–H groups in total. The summed E-state index contributed by atoms with van der Waals surface area (Å²) in [5.41, 5.74) is 4.64. The lowest BCUT2D eigenvalue weighted by Crippen LogP contribution is -2.03. The van der Waals surface area contributed by atoms with Gasteiger partial charge >= 0.3 is 0 Å². The van der Waals surface area contributed by atoms with Crippen molar-refractivity contribution in [2.45, 2.75) is 27.3 Å². The van der Waals surface area contributed by atoms with Crippen LogP contribution in [0, 0.1) is 20.8 Å². The van der Waals surface area contributed by atoms with Gasteiger partial charge in [0, 0.05) is 18.4 Å². The predicted octanol–water partition coefficient (Wildman–Crippen LogP) is 3.74. The summed E-state index contributed by atoms with van der Waals surface area (Å²) < 4.78 is 2.06. The fraction of sp³-hybridized carbons (Fsp3) is 0.267. The van der Waals surface area contributed by atoms with E-state index < -0.39 is 0 Å². The van der Waals surface area contributed by atoms with Gasteiger partial charge in [-0.15, -0.1) is 6.58 Å². The molecule has 0 spiro atoms. The molecule has 0 aliphatic carbocycles. The fourth-order valence-electron chi connectivity index (χ4n) is 1.93. The van der Waals surface area contributed by atoms with Crippen LogP contribution in [0.3, 0.4) is 0 Å². The molecule has 2 rings (SSSR count). The number of rotatable bonds is 4. The Kier molecular flexibility index (Phi) is 3.51. The van der Waals surface area contributed by atoms with Crippen molar-refractivity contribution < 1.29 is 0 Å². The highest BCUT2D eigenvalue weighted by Gasteiger charge is 2.07. The van der Waals surface area contributed by atoms with E-state index in [-0.39, 0.29) is 0 Å². The molecule has 0 aliphatic rings. The Morgan fingerprint density at radius 2 is 2.11 bits per heavy atom. The molecule has 0 aliphatic heterocycles. The maximum absolute atomic E-state index is 4.50. The molecule has 3 nitrogen and oxygen atoms in total. The van der Waals surface area contributed by atoms with Crippen LogP contribution in [0.5, 0.6) is 0 Å². The smallest absolute Gasteiger partial charge is 0.207 e. The van der Waals surface area contributed by atoms with E-state index in [9.17, 15) is 0 Å². The summed E-state index contributed by atoms with van der Waals surface area (Å²) in [6.45, 7) is 10.7. The van der Waals surface area contributed by atoms with Gasteiger partial charge in [0.2, 0.25) is 5.95 Å². The molecule has 18 heavy (non-hydrogen) atoms. The molecular weight excluding hydrogens is 222 g/mol. The lowest BCUT2D eigenvalue weighted by molar-refractivity contribution is 0.832. The number of hydrogen-bond acceptors (Lipinski definition) is 2. The van der Waals surface area contributed by atoms with Crippen LogP contribution < -0.4 is 5.32 Å². The maximum atomic E-state index is 4.50. The van der Waals surface area contributed by atoms with Gasteiger partial charge in [0.1, 0.15) is 0 Å². The molecule has 0 saturated carbocycles. The molecule has 0 fully saturated rings. The van der Waals surface area contributed by atoms with E-state index in [1.165, 1.54) is 11.1 Å². The number of benzene rings is 1. The summed E-state index contributed by atoms with van der Waals surface area (Å²) in [5, 5.41) is 3.39. The fourth-order valence-corrected chi connectivity index (χ4v) is 1.93. The van der Waals surface area contributed by atoms with Crippen LogP contribution in [0.15, 0.2) is 37.1 Å². The first-order valence-corrected chi connectivity index (χ1v) is 6.09. The van der Waals surface area contributed by atoms with Gasteiger partial charge in [0.05, 0.1) is 5.69 Å². The molecule has 0 radical (unpaired) electrons. The van der Waals surface area contributed by atoms with Gasteiger partial charge in [-0.3, -0.25) is 0 Å². The topological polar surface area (TPSA) is 29.9 Å². The Labute approximate surface area is 108 Å². The van der Waals surface area contributed by atoms with Gasteiger partial charge in [-0.2, -0.15) is 0 Å². The van der Waals surface area contributed by atoms with Gasteiger partial charge in [-0.05, 0) is 38.0 Å². The monoisotopic (exact) mass is 241 g/mol. The van der Waals surface area contributed by atoms with E-state index in [1.807, 2.05) is 19.2 Å². The van der Waals surface area contributed by atoms with Gasteiger partial charge in [0.25, 0.3) is 0 Å². The van der Waals surface area contributed by atoms with Crippen molar-refractivity contribution in [3.63, 3.8) is 0 Å². The zero-order valence-electron chi connectivity index (χ0n) is 11.2. The van der Waals surface area contributed by atoms with Crippen LogP contribution in [0.25, 0.3) is 0 Å². The normalized spacial score (nSPS) is 10.4. The van der Waals surface area contributed by atoms with Crippen LogP contribution >= 0.6 is 0 Å². The molecule has 0 bridgehead atoms. The molecular formula is C15H19N3. The Hall–Kier alpha value is -2.03. The Morgan fingerprint density at radius 1 is 1.33 bits per heavy atom. The number of anilines is 2. The summed E-state index contributed by atoms with van der Waals surface area (Å²) in [4.78, 5) is 4.50. The third kappa shape index (κ3) is 2.45. The van der Waals surface area contributed by atoms with E-state index in [1.54, 1.807) is 0 Å². The van der Waals surface area contributed by atoms with E-state index in [0.717, 1.165) is 23.9 Å². The van der Waals surface area contributed by atoms with Crippen molar-refractivity contribution in [1.29, 1.82) is 0 Å². The van der Waals surface area contributed by atoms with Crippen LogP contribution in [0.1, 0.15) is 16.8 Å². The lowest BCUT2D eigenvalue weighted by Gasteiger charge is -2.11. The third-order valence-corrected chi connectivity index (χ3v) is 3.07. The summed E-state index contributed by atoms with van der Waals surface area (Å²) >= 11 is 0. The summed E-state index contributed by atoms with van der Waals surface area (Å²) in [6.07, 6.45) is 3.89. The number of imidazole rings is 1. The largest absolute Gasteiger partial charge is 0.325 e.